The quantitative estimate of drug-likeness (QED) is 0.445. The highest BCUT2D eigenvalue weighted by molar-refractivity contribution is 5.48. The first kappa shape index (κ1) is 11.0. The third kappa shape index (κ3) is 2.45. The van der Waals surface area contributed by atoms with Gasteiger partial charge in [-0.25, -0.2) is 0 Å². The number of nitro benzene ring substituents is 1. The largest absolute Gasteiger partial charge is 0.502 e. The van der Waals surface area contributed by atoms with E-state index in [0.29, 0.717) is 5.56 Å². The van der Waals surface area contributed by atoms with Gasteiger partial charge in [-0.1, -0.05) is 6.07 Å². The Balaban J connectivity index is 3.08. The highest BCUT2D eigenvalue weighted by Crippen LogP contribution is 2.29. The third-order valence-electron chi connectivity index (χ3n) is 1.89. The second-order valence-corrected chi connectivity index (χ2v) is 2.93. The first-order valence-corrected chi connectivity index (χ1v) is 4.15. The number of terminal acetylenes is 1. The van der Waals surface area contributed by atoms with E-state index >= 15 is 0 Å². The van der Waals surface area contributed by atoms with E-state index < -0.39 is 22.5 Å². The molecule has 5 nitrogen and oxygen atoms in total. The lowest BCUT2D eigenvalue weighted by molar-refractivity contribution is -0.386. The highest BCUT2D eigenvalue weighted by atomic mass is 16.6. The maximum atomic E-state index is 10.5. The summed E-state index contributed by atoms with van der Waals surface area (Å²) < 4.78 is 0. The predicted molar refractivity (Wildman–Crippen MR) is 53.2 cm³/mol. The molecule has 0 aliphatic carbocycles. The number of hydrogen-bond donors (Lipinski definition) is 2. The fourth-order valence-corrected chi connectivity index (χ4v) is 1.12. The molecule has 5 heteroatoms. The highest BCUT2D eigenvalue weighted by Gasteiger charge is 2.16. The zero-order chi connectivity index (χ0) is 11.4. The van der Waals surface area contributed by atoms with E-state index in [9.17, 15) is 15.2 Å². The molecule has 0 aliphatic rings. The molecule has 0 saturated carbocycles. The molecule has 0 unspecified atom stereocenters. The molecule has 0 spiro atoms. The minimum atomic E-state index is -0.950. The van der Waals surface area contributed by atoms with Crippen molar-refractivity contribution in [1.82, 2.24) is 0 Å². The van der Waals surface area contributed by atoms with Gasteiger partial charge in [0.1, 0.15) is 0 Å². The molecule has 0 radical (unpaired) electrons. The molecule has 78 valence electrons. The number of nitrogens with zero attached hydrogens (tertiary/aromatic N) is 1. The van der Waals surface area contributed by atoms with E-state index in [0.717, 1.165) is 12.1 Å². The number of aliphatic hydroxyl groups excluding tert-OH is 1. The maximum absolute atomic E-state index is 10.5. The molecule has 0 aliphatic heterocycles. The Morgan fingerprint density at radius 1 is 1.60 bits per heavy atom. The lowest BCUT2D eigenvalue weighted by Crippen LogP contribution is -1.97. The van der Waals surface area contributed by atoms with Crippen LogP contribution in [0.15, 0.2) is 18.2 Å². The van der Waals surface area contributed by atoms with Crippen molar-refractivity contribution >= 4 is 5.69 Å². The molecule has 1 atom stereocenters. The number of phenolic OH excluding ortho intramolecular Hbond substituents is 1. The average Bonchev–Trinajstić information content (AvgIpc) is 2.18. The number of benzene rings is 1. The van der Waals surface area contributed by atoms with Crippen LogP contribution in [0, 0.1) is 22.5 Å². The molecule has 15 heavy (non-hydrogen) atoms. The molecule has 0 amide bonds. The Bertz CT molecular complexity index is 422. The summed E-state index contributed by atoms with van der Waals surface area (Å²) in [4.78, 5) is 9.76. The van der Waals surface area contributed by atoms with E-state index in [-0.39, 0.29) is 6.42 Å². The van der Waals surface area contributed by atoms with Gasteiger partial charge in [0.2, 0.25) is 0 Å². The van der Waals surface area contributed by atoms with Crippen molar-refractivity contribution in [3.8, 4) is 18.1 Å². The summed E-state index contributed by atoms with van der Waals surface area (Å²) in [6.07, 6.45) is 4.12. The summed E-state index contributed by atoms with van der Waals surface area (Å²) in [5.41, 5.74) is -0.124. The molecule has 1 aromatic carbocycles. The summed E-state index contributed by atoms with van der Waals surface area (Å²) in [6, 6.07) is 3.66. The Hall–Kier alpha value is -2.06. The van der Waals surface area contributed by atoms with Crippen LogP contribution in [-0.4, -0.2) is 15.1 Å². The molecule has 0 fully saturated rings. The summed E-state index contributed by atoms with van der Waals surface area (Å²) in [5.74, 6) is 1.81. The molecular formula is C10H9NO4. The van der Waals surface area contributed by atoms with Gasteiger partial charge in [-0.3, -0.25) is 10.1 Å². The molecule has 1 aromatic rings. The first-order valence-electron chi connectivity index (χ1n) is 4.15. The van der Waals surface area contributed by atoms with Crippen LogP contribution in [0.1, 0.15) is 18.1 Å². The van der Waals surface area contributed by atoms with Crippen LogP contribution in [0.3, 0.4) is 0 Å². The van der Waals surface area contributed by atoms with Crippen LogP contribution >= 0.6 is 0 Å². The van der Waals surface area contributed by atoms with E-state index in [1.807, 2.05) is 0 Å². The summed E-state index contributed by atoms with van der Waals surface area (Å²) in [5, 5.41) is 29.1. The fraction of sp³-hybridized carbons (Fsp3) is 0.200. The van der Waals surface area contributed by atoms with Crippen molar-refractivity contribution in [2.45, 2.75) is 12.5 Å². The predicted octanol–water partition coefficient (Wildman–Crippen LogP) is 1.36. The van der Waals surface area contributed by atoms with Crippen molar-refractivity contribution < 1.29 is 15.1 Å². The van der Waals surface area contributed by atoms with Crippen LogP contribution in [0.25, 0.3) is 0 Å². The first-order chi connectivity index (χ1) is 7.06. The monoisotopic (exact) mass is 207 g/mol. The summed E-state index contributed by atoms with van der Waals surface area (Å²) in [7, 11) is 0. The standard InChI is InChI=1S/C10H9NO4/c1-2-3-9(12)7-4-5-10(13)8(6-7)11(14)15/h1,4-6,9,12-13H,3H2/t9-/m0/s1. The van der Waals surface area contributed by atoms with Gasteiger partial charge in [-0.15, -0.1) is 12.3 Å². The van der Waals surface area contributed by atoms with Gasteiger partial charge in [0.05, 0.1) is 11.0 Å². The van der Waals surface area contributed by atoms with Gasteiger partial charge in [-0.05, 0) is 11.6 Å². The smallest absolute Gasteiger partial charge is 0.311 e. The van der Waals surface area contributed by atoms with Gasteiger partial charge in [0, 0.05) is 12.5 Å². The van der Waals surface area contributed by atoms with E-state index in [1.54, 1.807) is 0 Å². The summed E-state index contributed by atoms with van der Waals surface area (Å²) >= 11 is 0. The van der Waals surface area contributed by atoms with Gasteiger partial charge in [-0.2, -0.15) is 0 Å². The second kappa shape index (κ2) is 4.44. The molecule has 0 saturated heterocycles. The SMILES string of the molecule is C#CC[C@H](O)c1ccc(O)c([N+](=O)[O-])c1. The van der Waals surface area contributed by atoms with Crippen LogP contribution in [0.2, 0.25) is 0 Å². The van der Waals surface area contributed by atoms with Crippen molar-refractivity contribution in [2.75, 3.05) is 0 Å². The Morgan fingerprint density at radius 3 is 2.80 bits per heavy atom. The fourth-order valence-electron chi connectivity index (χ4n) is 1.12. The van der Waals surface area contributed by atoms with Gasteiger partial charge in [0.25, 0.3) is 0 Å². The van der Waals surface area contributed by atoms with Crippen LogP contribution in [0.4, 0.5) is 5.69 Å². The van der Waals surface area contributed by atoms with Crippen molar-refractivity contribution in [2.24, 2.45) is 0 Å². The lowest BCUT2D eigenvalue weighted by Gasteiger charge is -2.07. The molecule has 2 N–H and O–H groups in total. The number of rotatable bonds is 3. The van der Waals surface area contributed by atoms with Crippen LogP contribution in [0.5, 0.6) is 5.75 Å². The van der Waals surface area contributed by atoms with Crippen molar-refractivity contribution in [1.29, 1.82) is 0 Å². The van der Waals surface area contributed by atoms with E-state index in [1.165, 1.54) is 6.07 Å². The molecule has 1 rings (SSSR count). The van der Waals surface area contributed by atoms with Gasteiger partial charge in [0.15, 0.2) is 5.75 Å². The molecule has 0 heterocycles. The zero-order valence-corrected chi connectivity index (χ0v) is 7.75. The zero-order valence-electron chi connectivity index (χ0n) is 7.75. The number of aromatic hydroxyl groups is 1. The van der Waals surface area contributed by atoms with Crippen molar-refractivity contribution in [3.63, 3.8) is 0 Å². The maximum Gasteiger partial charge on any atom is 0.311 e. The normalized spacial score (nSPS) is 11.7. The van der Waals surface area contributed by atoms with Crippen LogP contribution in [-0.2, 0) is 0 Å². The van der Waals surface area contributed by atoms with Crippen molar-refractivity contribution in [3.05, 3.63) is 33.9 Å². The molecule has 0 bridgehead atoms. The van der Waals surface area contributed by atoms with E-state index in [2.05, 4.69) is 5.92 Å². The summed E-state index contributed by atoms with van der Waals surface area (Å²) in [6.45, 7) is 0. The number of nitro groups is 1. The third-order valence-corrected chi connectivity index (χ3v) is 1.89. The number of phenols is 1. The Kier molecular flexibility index (Phi) is 3.26. The minimum absolute atomic E-state index is 0.0714. The minimum Gasteiger partial charge on any atom is -0.502 e. The van der Waals surface area contributed by atoms with Gasteiger partial charge >= 0.3 is 5.69 Å². The van der Waals surface area contributed by atoms with Gasteiger partial charge < -0.3 is 10.2 Å². The number of hydrogen-bond acceptors (Lipinski definition) is 4. The number of aliphatic hydroxyl groups is 1. The second-order valence-electron chi connectivity index (χ2n) is 2.93. The topological polar surface area (TPSA) is 83.6 Å². The lowest BCUT2D eigenvalue weighted by atomic mass is 10.1. The average molecular weight is 207 g/mol. The Morgan fingerprint density at radius 2 is 2.27 bits per heavy atom. The Labute approximate surface area is 86.1 Å². The molecular weight excluding hydrogens is 198 g/mol. The van der Waals surface area contributed by atoms with E-state index in [4.69, 9.17) is 11.5 Å². The van der Waals surface area contributed by atoms with Crippen LogP contribution < -0.4 is 0 Å². The molecule has 0 aromatic heterocycles.